The molecule has 1 aliphatic heterocycles. The largest absolute Gasteiger partial charge is 0.489 e. The first-order valence-corrected chi connectivity index (χ1v) is 11.0. The third-order valence-electron chi connectivity index (χ3n) is 6.07. The van der Waals surface area contributed by atoms with E-state index in [2.05, 4.69) is 15.5 Å². The van der Waals surface area contributed by atoms with Crippen LogP contribution in [0.15, 0.2) is 30.6 Å². The fourth-order valence-corrected chi connectivity index (χ4v) is 4.13. The summed E-state index contributed by atoms with van der Waals surface area (Å²) in [6.07, 6.45) is 5.38. The van der Waals surface area contributed by atoms with Crippen molar-refractivity contribution in [3.8, 4) is 17.0 Å². The van der Waals surface area contributed by atoms with Crippen LogP contribution in [0.25, 0.3) is 16.8 Å². The molecule has 1 saturated carbocycles. The molecular formula is C22H26N6O4. The van der Waals surface area contributed by atoms with E-state index < -0.39 is 6.09 Å². The van der Waals surface area contributed by atoms with Gasteiger partial charge in [-0.1, -0.05) is 0 Å². The number of amides is 2. The van der Waals surface area contributed by atoms with E-state index in [1.807, 2.05) is 36.0 Å². The molecule has 1 unspecified atom stereocenters. The highest BCUT2D eigenvalue weighted by Gasteiger charge is 2.30. The van der Waals surface area contributed by atoms with E-state index in [0.717, 1.165) is 36.0 Å². The summed E-state index contributed by atoms with van der Waals surface area (Å²) in [5, 5.41) is 20.9. The number of anilines is 1. The Hall–Kier alpha value is -3.56. The molecule has 1 aliphatic carbocycles. The lowest BCUT2D eigenvalue weighted by molar-refractivity contribution is -0.117. The summed E-state index contributed by atoms with van der Waals surface area (Å²) in [6.45, 7) is 4.18. The first-order chi connectivity index (χ1) is 15.5. The van der Waals surface area contributed by atoms with Gasteiger partial charge >= 0.3 is 6.09 Å². The Morgan fingerprint density at radius 3 is 2.84 bits per heavy atom. The first kappa shape index (κ1) is 20.3. The molecule has 3 aromatic rings. The second-order valence-electron chi connectivity index (χ2n) is 8.45. The molecule has 5 rings (SSSR count). The van der Waals surface area contributed by atoms with E-state index >= 15 is 0 Å². The summed E-state index contributed by atoms with van der Waals surface area (Å²) < 4.78 is 9.72. The Labute approximate surface area is 184 Å². The minimum absolute atomic E-state index is 0.0294. The number of nitrogens with zero attached hydrogens (tertiary/aromatic N) is 5. The molecule has 10 nitrogen and oxygen atoms in total. The summed E-state index contributed by atoms with van der Waals surface area (Å²) in [7, 11) is 0. The Morgan fingerprint density at radius 1 is 1.28 bits per heavy atom. The molecule has 4 heterocycles. The van der Waals surface area contributed by atoms with E-state index in [-0.39, 0.29) is 17.7 Å². The van der Waals surface area contributed by atoms with Gasteiger partial charge in [0.2, 0.25) is 5.91 Å². The monoisotopic (exact) mass is 438 g/mol. The molecule has 1 atom stereocenters. The smallest absolute Gasteiger partial charge is 0.407 e. The van der Waals surface area contributed by atoms with Crippen molar-refractivity contribution in [3.05, 3.63) is 30.6 Å². The number of hydrogen-bond donors (Lipinski definition) is 2. The lowest BCUT2D eigenvalue weighted by Gasteiger charge is -2.14. The Kier molecular flexibility index (Phi) is 5.20. The molecular weight excluding hydrogens is 412 g/mol. The summed E-state index contributed by atoms with van der Waals surface area (Å²) in [5.74, 6) is 1.53. The van der Waals surface area contributed by atoms with Crippen LogP contribution in [0.1, 0.15) is 26.2 Å². The van der Waals surface area contributed by atoms with Crippen LogP contribution in [0.5, 0.6) is 5.75 Å². The topological polar surface area (TPSA) is 114 Å². The lowest BCUT2D eigenvalue weighted by Crippen LogP contribution is -2.27. The van der Waals surface area contributed by atoms with Gasteiger partial charge in [0.05, 0.1) is 18.3 Å². The van der Waals surface area contributed by atoms with Gasteiger partial charge in [0.25, 0.3) is 0 Å². The maximum atomic E-state index is 12.0. The molecule has 0 radical (unpaired) electrons. The van der Waals surface area contributed by atoms with E-state index in [0.29, 0.717) is 37.8 Å². The molecule has 2 fully saturated rings. The van der Waals surface area contributed by atoms with Crippen molar-refractivity contribution in [1.29, 1.82) is 0 Å². The second kappa shape index (κ2) is 8.18. The third kappa shape index (κ3) is 4.00. The molecule has 2 amide bonds. The zero-order valence-electron chi connectivity index (χ0n) is 17.9. The van der Waals surface area contributed by atoms with Gasteiger partial charge in [-0.2, -0.15) is 10.2 Å². The van der Waals surface area contributed by atoms with Crippen molar-refractivity contribution >= 4 is 23.3 Å². The second-order valence-corrected chi connectivity index (χ2v) is 8.45. The van der Waals surface area contributed by atoms with Gasteiger partial charge in [-0.25, -0.2) is 9.31 Å². The number of hydrogen-bond acceptors (Lipinski definition) is 5. The summed E-state index contributed by atoms with van der Waals surface area (Å²) >= 11 is 0. The fraction of sp³-hybridized carbons (Fsp3) is 0.455. The SMILES string of the molecule is CCn1ncc(OCC2CCN(C(=O)O)C2)c1-c1ccn2nc(NC(=O)C3CC3)cc2c1. The van der Waals surface area contributed by atoms with Crippen LogP contribution in [0.2, 0.25) is 0 Å². The van der Waals surface area contributed by atoms with Crippen molar-refractivity contribution in [2.24, 2.45) is 11.8 Å². The standard InChI is InChI=1S/C22H26N6O4/c1-2-27-20(18(11-23-27)32-13-14-5-7-26(12-14)22(30)31)16-6-8-28-17(9-16)10-19(25-28)24-21(29)15-3-4-15/h6,8-11,14-15H,2-5,7,12-13H2,1H3,(H,30,31)(H,24,25,29). The third-order valence-corrected chi connectivity index (χ3v) is 6.07. The maximum Gasteiger partial charge on any atom is 0.407 e. The highest BCUT2D eigenvalue weighted by Crippen LogP contribution is 2.33. The minimum atomic E-state index is -0.881. The average molecular weight is 438 g/mol. The van der Waals surface area contributed by atoms with Crippen molar-refractivity contribution in [3.63, 3.8) is 0 Å². The number of carbonyl (C=O) groups is 2. The number of ether oxygens (including phenoxy) is 1. The predicted molar refractivity (Wildman–Crippen MR) is 117 cm³/mol. The van der Waals surface area contributed by atoms with Gasteiger partial charge in [-0.15, -0.1) is 0 Å². The van der Waals surface area contributed by atoms with Crippen LogP contribution in [-0.2, 0) is 11.3 Å². The van der Waals surface area contributed by atoms with Crippen molar-refractivity contribution in [2.45, 2.75) is 32.7 Å². The molecule has 168 valence electrons. The molecule has 0 spiro atoms. The summed E-state index contributed by atoms with van der Waals surface area (Å²) in [5.41, 5.74) is 2.66. The number of aromatic nitrogens is 4. The Bertz CT molecular complexity index is 1160. The highest BCUT2D eigenvalue weighted by atomic mass is 16.5. The Morgan fingerprint density at radius 2 is 2.12 bits per heavy atom. The quantitative estimate of drug-likeness (QED) is 0.586. The minimum Gasteiger partial charge on any atom is -0.489 e. The van der Waals surface area contributed by atoms with Gasteiger partial charge in [0.15, 0.2) is 11.6 Å². The maximum absolute atomic E-state index is 12.0. The van der Waals surface area contributed by atoms with Crippen molar-refractivity contribution in [1.82, 2.24) is 24.3 Å². The van der Waals surface area contributed by atoms with Gasteiger partial charge in [-0.05, 0) is 38.3 Å². The summed E-state index contributed by atoms with van der Waals surface area (Å²) in [4.78, 5) is 24.6. The van der Waals surface area contributed by atoms with E-state index in [1.165, 1.54) is 4.90 Å². The number of nitrogens with one attached hydrogen (secondary N) is 1. The molecule has 3 aromatic heterocycles. The molecule has 0 aromatic carbocycles. The van der Waals surface area contributed by atoms with Gasteiger partial charge < -0.3 is 20.1 Å². The van der Waals surface area contributed by atoms with Crippen LogP contribution in [-0.4, -0.2) is 61.1 Å². The summed E-state index contributed by atoms with van der Waals surface area (Å²) in [6, 6.07) is 5.80. The zero-order valence-corrected chi connectivity index (χ0v) is 17.9. The molecule has 32 heavy (non-hydrogen) atoms. The number of rotatable bonds is 7. The van der Waals surface area contributed by atoms with Crippen molar-refractivity contribution < 1.29 is 19.4 Å². The van der Waals surface area contributed by atoms with Crippen LogP contribution >= 0.6 is 0 Å². The molecule has 10 heteroatoms. The van der Waals surface area contributed by atoms with Crippen LogP contribution in [0.3, 0.4) is 0 Å². The van der Waals surface area contributed by atoms with Crippen molar-refractivity contribution in [2.75, 3.05) is 25.0 Å². The van der Waals surface area contributed by atoms with Crippen LogP contribution in [0, 0.1) is 11.8 Å². The number of fused-ring (bicyclic) bond motifs is 1. The number of aryl methyl sites for hydroxylation is 1. The zero-order chi connectivity index (χ0) is 22.2. The number of carboxylic acid groups (broad SMARTS) is 1. The number of pyridine rings is 1. The molecule has 1 saturated heterocycles. The number of likely N-dealkylation sites (tertiary alicyclic amines) is 1. The van der Waals surface area contributed by atoms with E-state index in [1.54, 1.807) is 10.7 Å². The first-order valence-electron chi connectivity index (χ1n) is 11.0. The lowest BCUT2D eigenvalue weighted by atomic mass is 10.1. The van der Waals surface area contributed by atoms with Gasteiger partial charge in [0.1, 0.15) is 5.69 Å². The average Bonchev–Trinajstić information content (AvgIpc) is 3.20. The fourth-order valence-electron chi connectivity index (χ4n) is 4.13. The van der Waals surface area contributed by atoms with Gasteiger partial charge in [-0.3, -0.25) is 9.48 Å². The van der Waals surface area contributed by atoms with Crippen LogP contribution < -0.4 is 10.1 Å². The molecule has 2 N–H and O–H groups in total. The van der Waals surface area contributed by atoms with E-state index in [9.17, 15) is 9.59 Å². The molecule has 2 aliphatic rings. The van der Waals surface area contributed by atoms with E-state index in [4.69, 9.17) is 9.84 Å². The molecule has 0 bridgehead atoms. The predicted octanol–water partition coefficient (Wildman–Crippen LogP) is 2.94. The highest BCUT2D eigenvalue weighted by molar-refractivity contribution is 5.93. The van der Waals surface area contributed by atoms with Gasteiger partial charge in [0, 0.05) is 49.3 Å². The number of carbonyl (C=O) groups excluding carboxylic acids is 1. The van der Waals surface area contributed by atoms with Crippen LogP contribution in [0.4, 0.5) is 10.6 Å². The normalized spacial score (nSPS) is 18.3. The Balaban J connectivity index is 1.35.